The molecule has 0 heterocycles. The molecule has 0 saturated carbocycles. The van der Waals surface area contributed by atoms with Crippen LogP contribution in [-0.2, 0) is 0 Å². The molecule has 0 spiro atoms. The van der Waals surface area contributed by atoms with Crippen LogP contribution in [0.4, 0.5) is 14.9 Å². The quantitative estimate of drug-likeness (QED) is 0.775. The van der Waals surface area contributed by atoms with Crippen molar-refractivity contribution >= 4 is 27.6 Å². The smallest absolute Gasteiger partial charge is 0.319 e. The molecule has 0 bridgehead atoms. The fourth-order valence-electron chi connectivity index (χ4n) is 1.60. The molecule has 0 aliphatic rings. The lowest BCUT2D eigenvalue weighted by atomic mass is 10.1. The van der Waals surface area contributed by atoms with E-state index in [1.807, 2.05) is 13.8 Å². The Bertz CT molecular complexity index is 441. The SMILES string of the molecule is CC(C)CC(O)CNC(=O)Nc1ccc(F)cc1Br. The molecule has 6 heteroatoms. The largest absolute Gasteiger partial charge is 0.391 e. The average Bonchev–Trinajstić information content (AvgIpc) is 2.29. The van der Waals surface area contributed by atoms with Gasteiger partial charge in [0.2, 0.25) is 0 Å². The van der Waals surface area contributed by atoms with E-state index in [1.54, 1.807) is 0 Å². The van der Waals surface area contributed by atoms with Crippen LogP contribution in [0.15, 0.2) is 22.7 Å². The number of aliphatic hydroxyl groups excluding tert-OH is 1. The predicted molar refractivity (Wildman–Crippen MR) is 76.6 cm³/mol. The van der Waals surface area contributed by atoms with Crippen molar-refractivity contribution in [1.82, 2.24) is 5.32 Å². The minimum atomic E-state index is -0.567. The normalized spacial score (nSPS) is 12.3. The number of anilines is 1. The van der Waals surface area contributed by atoms with Crippen LogP contribution in [0.25, 0.3) is 0 Å². The van der Waals surface area contributed by atoms with E-state index in [9.17, 15) is 14.3 Å². The summed E-state index contributed by atoms with van der Waals surface area (Å²) < 4.78 is 13.3. The number of rotatable bonds is 5. The summed E-state index contributed by atoms with van der Waals surface area (Å²) in [5.74, 6) is -0.0173. The zero-order chi connectivity index (χ0) is 14.4. The molecule has 1 aromatic rings. The van der Waals surface area contributed by atoms with Crippen LogP contribution in [0.1, 0.15) is 20.3 Å². The second-order valence-electron chi connectivity index (χ2n) is 4.74. The minimum Gasteiger partial charge on any atom is -0.391 e. The molecule has 0 saturated heterocycles. The van der Waals surface area contributed by atoms with Gasteiger partial charge in [-0.3, -0.25) is 0 Å². The molecule has 1 aromatic carbocycles. The summed E-state index contributed by atoms with van der Waals surface area (Å²) in [6.45, 7) is 4.18. The molecule has 0 fully saturated rings. The van der Waals surface area contributed by atoms with Crippen LogP contribution in [0, 0.1) is 11.7 Å². The number of aliphatic hydroxyl groups is 1. The molecular weight excluding hydrogens is 315 g/mol. The predicted octanol–water partition coefficient (Wildman–Crippen LogP) is 3.12. The van der Waals surface area contributed by atoms with E-state index in [-0.39, 0.29) is 12.4 Å². The number of nitrogens with one attached hydrogen (secondary N) is 2. The van der Waals surface area contributed by atoms with E-state index < -0.39 is 12.1 Å². The van der Waals surface area contributed by atoms with Gasteiger partial charge in [-0.05, 0) is 46.5 Å². The van der Waals surface area contributed by atoms with Crippen LogP contribution in [0.5, 0.6) is 0 Å². The van der Waals surface area contributed by atoms with Crippen molar-refractivity contribution in [2.24, 2.45) is 5.92 Å². The number of amides is 2. The summed E-state index contributed by atoms with van der Waals surface area (Å²) in [6.07, 6.45) is 0.0583. The molecule has 1 unspecified atom stereocenters. The third-order valence-electron chi connectivity index (χ3n) is 2.42. The Balaban J connectivity index is 2.43. The van der Waals surface area contributed by atoms with E-state index in [0.29, 0.717) is 22.5 Å². The number of urea groups is 1. The van der Waals surface area contributed by atoms with Gasteiger partial charge in [-0.2, -0.15) is 0 Å². The monoisotopic (exact) mass is 332 g/mol. The maximum atomic E-state index is 12.9. The number of halogens is 2. The van der Waals surface area contributed by atoms with E-state index in [2.05, 4.69) is 26.6 Å². The van der Waals surface area contributed by atoms with E-state index in [4.69, 9.17) is 0 Å². The minimum absolute atomic E-state index is 0.183. The molecule has 3 N–H and O–H groups in total. The van der Waals surface area contributed by atoms with Crippen molar-refractivity contribution in [2.75, 3.05) is 11.9 Å². The molecule has 0 aliphatic heterocycles. The highest BCUT2D eigenvalue weighted by atomic mass is 79.9. The lowest BCUT2D eigenvalue weighted by Crippen LogP contribution is -2.35. The number of benzene rings is 1. The van der Waals surface area contributed by atoms with Crippen LogP contribution >= 0.6 is 15.9 Å². The molecule has 19 heavy (non-hydrogen) atoms. The first-order chi connectivity index (χ1) is 8.88. The third kappa shape index (κ3) is 6.02. The van der Waals surface area contributed by atoms with Crippen molar-refractivity contribution in [3.05, 3.63) is 28.5 Å². The summed E-state index contributed by atoms with van der Waals surface area (Å²) in [5, 5.41) is 14.8. The Morgan fingerprint density at radius 1 is 1.47 bits per heavy atom. The Morgan fingerprint density at radius 3 is 2.74 bits per heavy atom. The van der Waals surface area contributed by atoms with Gasteiger partial charge in [0.1, 0.15) is 5.82 Å². The third-order valence-corrected chi connectivity index (χ3v) is 3.08. The Labute approximate surface area is 120 Å². The molecule has 4 nitrogen and oxygen atoms in total. The first-order valence-corrected chi connectivity index (χ1v) is 6.85. The first kappa shape index (κ1) is 15.9. The molecule has 1 rings (SSSR count). The van der Waals surface area contributed by atoms with E-state index in [0.717, 1.165) is 0 Å². The molecule has 0 radical (unpaired) electrons. The average molecular weight is 333 g/mol. The lowest BCUT2D eigenvalue weighted by molar-refractivity contribution is 0.148. The molecule has 1 atom stereocenters. The topological polar surface area (TPSA) is 61.4 Å². The van der Waals surface area contributed by atoms with Crippen molar-refractivity contribution < 1.29 is 14.3 Å². The second-order valence-corrected chi connectivity index (χ2v) is 5.60. The van der Waals surface area contributed by atoms with Gasteiger partial charge >= 0.3 is 6.03 Å². The molecule has 0 aromatic heterocycles. The van der Waals surface area contributed by atoms with Crippen molar-refractivity contribution in [3.8, 4) is 0 Å². The van der Waals surface area contributed by atoms with E-state index >= 15 is 0 Å². The molecular formula is C13H18BrFN2O2. The van der Waals surface area contributed by atoms with Crippen LogP contribution < -0.4 is 10.6 Å². The highest BCUT2D eigenvalue weighted by Gasteiger charge is 2.10. The maximum absolute atomic E-state index is 12.9. The fourth-order valence-corrected chi connectivity index (χ4v) is 2.05. The Kier molecular flexibility index (Phi) is 6.24. The summed E-state index contributed by atoms with van der Waals surface area (Å²) in [4.78, 5) is 11.6. The summed E-state index contributed by atoms with van der Waals surface area (Å²) >= 11 is 3.16. The zero-order valence-electron chi connectivity index (χ0n) is 10.9. The Hall–Kier alpha value is -1.14. The highest BCUT2D eigenvalue weighted by Crippen LogP contribution is 2.22. The first-order valence-electron chi connectivity index (χ1n) is 6.06. The van der Waals surface area contributed by atoms with Gasteiger partial charge in [-0.15, -0.1) is 0 Å². The van der Waals surface area contributed by atoms with Crippen LogP contribution in [-0.4, -0.2) is 23.8 Å². The van der Waals surface area contributed by atoms with Gasteiger partial charge in [0.15, 0.2) is 0 Å². The number of hydrogen-bond donors (Lipinski definition) is 3. The Morgan fingerprint density at radius 2 is 2.16 bits per heavy atom. The highest BCUT2D eigenvalue weighted by molar-refractivity contribution is 9.10. The van der Waals surface area contributed by atoms with Gasteiger partial charge in [0.05, 0.1) is 11.8 Å². The van der Waals surface area contributed by atoms with Gasteiger partial charge in [0.25, 0.3) is 0 Å². The second kappa shape index (κ2) is 7.45. The van der Waals surface area contributed by atoms with Crippen molar-refractivity contribution in [1.29, 1.82) is 0 Å². The fraction of sp³-hybridized carbons (Fsp3) is 0.462. The van der Waals surface area contributed by atoms with Gasteiger partial charge in [-0.25, -0.2) is 9.18 Å². The van der Waals surface area contributed by atoms with Crippen molar-refractivity contribution in [3.63, 3.8) is 0 Å². The summed E-state index contributed by atoms with van der Waals surface area (Å²) in [7, 11) is 0. The maximum Gasteiger partial charge on any atom is 0.319 e. The summed E-state index contributed by atoms with van der Waals surface area (Å²) in [6, 6.07) is 3.55. The van der Waals surface area contributed by atoms with Crippen LogP contribution in [0.2, 0.25) is 0 Å². The molecule has 2 amide bonds. The van der Waals surface area contributed by atoms with Crippen molar-refractivity contribution in [2.45, 2.75) is 26.4 Å². The van der Waals surface area contributed by atoms with Gasteiger partial charge < -0.3 is 15.7 Å². The summed E-state index contributed by atoms with van der Waals surface area (Å²) in [5.41, 5.74) is 0.470. The zero-order valence-corrected chi connectivity index (χ0v) is 12.5. The number of carbonyl (C=O) groups excluding carboxylic acids is 1. The van der Waals surface area contributed by atoms with Gasteiger partial charge in [0, 0.05) is 11.0 Å². The number of hydrogen-bond acceptors (Lipinski definition) is 2. The number of carbonyl (C=O) groups is 1. The van der Waals surface area contributed by atoms with Gasteiger partial charge in [-0.1, -0.05) is 13.8 Å². The van der Waals surface area contributed by atoms with E-state index in [1.165, 1.54) is 18.2 Å². The lowest BCUT2D eigenvalue weighted by Gasteiger charge is -2.14. The molecule has 106 valence electrons. The van der Waals surface area contributed by atoms with Crippen LogP contribution in [0.3, 0.4) is 0 Å². The molecule has 0 aliphatic carbocycles. The standard InChI is InChI=1S/C13H18BrFN2O2/c1-8(2)5-10(18)7-16-13(19)17-12-4-3-9(15)6-11(12)14/h3-4,6,8,10,18H,5,7H2,1-2H3,(H2,16,17,19).